The van der Waals surface area contributed by atoms with E-state index in [1.165, 1.54) is 12.1 Å². The number of benzene rings is 1. The van der Waals surface area contributed by atoms with E-state index >= 15 is 0 Å². The Kier molecular flexibility index (Phi) is 4.75. The van der Waals surface area contributed by atoms with Crippen LogP contribution in [0.1, 0.15) is 32.1 Å². The van der Waals surface area contributed by atoms with Gasteiger partial charge in [0.05, 0.1) is 11.0 Å². The van der Waals surface area contributed by atoms with Crippen LogP contribution in [-0.4, -0.2) is 27.8 Å². The molecule has 2 aromatic rings. The Labute approximate surface area is 139 Å². The molecule has 128 valence electrons. The molecule has 2 N–H and O–H groups in total. The number of ether oxygens (including phenoxy) is 1. The Hall–Kier alpha value is -2.48. The molecular formula is C16H20N4O4. The van der Waals surface area contributed by atoms with Crippen LogP contribution >= 0.6 is 0 Å². The van der Waals surface area contributed by atoms with Crippen molar-refractivity contribution in [2.75, 3.05) is 12.3 Å². The first-order valence-electron chi connectivity index (χ1n) is 8.05. The second-order valence-electron chi connectivity index (χ2n) is 6.04. The predicted molar refractivity (Wildman–Crippen MR) is 87.3 cm³/mol. The third-order valence-corrected chi connectivity index (χ3v) is 4.35. The number of nitro benzene ring substituents is 1. The van der Waals surface area contributed by atoms with Gasteiger partial charge < -0.3 is 15.0 Å². The Balaban J connectivity index is 1.74. The summed E-state index contributed by atoms with van der Waals surface area (Å²) in [4.78, 5) is 14.8. The van der Waals surface area contributed by atoms with E-state index < -0.39 is 4.92 Å². The number of rotatable bonds is 5. The van der Waals surface area contributed by atoms with Gasteiger partial charge in [-0.15, -0.1) is 0 Å². The molecule has 1 saturated heterocycles. The lowest BCUT2D eigenvalue weighted by Gasteiger charge is -2.27. The second-order valence-corrected chi connectivity index (χ2v) is 6.04. The van der Waals surface area contributed by atoms with E-state index in [0.717, 1.165) is 25.9 Å². The topological polar surface area (TPSA) is 117 Å². The van der Waals surface area contributed by atoms with Gasteiger partial charge >= 0.3 is 0 Å². The highest BCUT2D eigenvalue weighted by atomic mass is 16.6. The maximum atomic E-state index is 11.0. The van der Waals surface area contributed by atoms with Gasteiger partial charge in [0.2, 0.25) is 11.7 Å². The van der Waals surface area contributed by atoms with E-state index in [2.05, 4.69) is 17.1 Å². The number of nitrogen functional groups attached to an aromatic ring is 1. The summed E-state index contributed by atoms with van der Waals surface area (Å²) in [6.07, 6.45) is 3.96. The first kappa shape index (κ1) is 16.4. The minimum Gasteiger partial charge on any atom is -0.393 e. The first-order valence-corrected chi connectivity index (χ1v) is 8.05. The normalized spacial score (nSPS) is 20.9. The molecule has 1 aliphatic rings. The van der Waals surface area contributed by atoms with Crippen LogP contribution in [-0.2, 0) is 11.2 Å². The van der Waals surface area contributed by atoms with E-state index in [-0.39, 0.29) is 11.4 Å². The third kappa shape index (κ3) is 3.53. The summed E-state index contributed by atoms with van der Waals surface area (Å²) in [6.45, 7) is 2.88. The molecule has 1 aromatic carbocycles. The molecule has 2 atom stereocenters. The van der Waals surface area contributed by atoms with Crippen molar-refractivity contribution in [3.63, 3.8) is 0 Å². The molecule has 8 heteroatoms. The SMILES string of the molecule is CC[C@@H]1C[C@@H](Cc2nc(-c3ccc(N)c([N+](=O)[O-])c3)no2)CCO1. The van der Waals surface area contributed by atoms with E-state index in [9.17, 15) is 10.1 Å². The molecule has 0 aliphatic carbocycles. The maximum Gasteiger partial charge on any atom is 0.292 e. The van der Waals surface area contributed by atoms with Crippen LogP contribution in [0.4, 0.5) is 11.4 Å². The summed E-state index contributed by atoms with van der Waals surface area (Å²) < 4.78 is 11.0. The number of anilines is 1. The van der Waals surface area contributed by atoms with Gasteiger partial charge in [0, 0.05) is 24.7 Å². The van der Waals surface area contributed by atoms with Gasteiger partial charge in [-0.3, -0.25) is 10.1 Å². The van der Waals surface area contributed by atoms with Crippen molar-refractivity contribution in [3.05, 3.63) is 34.2 Å². The Bertz CT molecular complexity index is 731. The lowest BCUT2D eigenvalue weighted by Crippen LogP contribution is -2.26. The summed E-state index contributed by atoms with van der Waals surface area (Å²) in [6, 6.07) is 4.50. The molecule has 0 unspecified atom stereocenters. The summed E-state index contributed by atoms with van der Waals surface area (Å²) in [7, 11) is 0. The van der Waals surface area contributed by atoms with Gasteiger partial charge in [0.15, 0.2) is 0 Å². The number of aromatic nitrogens is 2. The van der Waals surface area contributed by atoms with E-state index in [4.69, 9.17) is 15.0 Å². The van der Waals surface area contributed by atoms with Crippen LogP contribution in [0, 0.1) is 16.0 Å². The molecule has 0 bridgehead atoms. The van der Waals surface area contributed by atoms with Crippen LogP contribution in [0.25, 0.3) is 11.4 Å². The zero-order valence-electron chi connectivity index (χ0n) is 13.5. The molecule has 3 rings (SSSR count). The Morgan fingerprint density at radius 2 is 2.29 bits per heavy atom. The van der Waals surface area contributed by atoms with Crippen molar-refractivity contribution in [1.29, 1.82) is 0 Å². The first-order chi connectivity index (χ1) is 11.6. The standard InChI is InChI=1S/C16H20N4O4/c1-2-12-7-10(5-6-23-12)8-15-18-16(19-24-15)11-3-4-13(17)14(9-11)20(21)22/h3-4,9-10,12H,2,5-8,17H2,1H3/t10-,12+/m0/s1. The number of nitrogens with two attached hydrogens (primary N) is 1. The molecule has 0 radical (unpaired) electrons. The fraction of sp³-hybridized carbons (Fsp3) is 0.500. The Morgan fingerprint density at radius 3 is 3.04 bits per heavy atom. The van der Waals surface area contributed by atoms with Gasteiger partial charge in [0.25, 0.3) is 5.69 Å². The molecular weight excluding hydrogens is 312 g/mol. The van der Waals surface area contributed by atoms with Crippen molar-refractivity contribution < 1.29 is 14.2 Å². The number of hydrogen-bond acceptors (Lipinski definition) is 7. The number of hydrogen-bond donors (Lipinski definition) is 1. The molecule has 2 heterocycles. The van der Waals surface area contributed by atoms with Gasteiger partial charge in [-0.1, -0.05) is 12.1 Å². The van der Waals surface area contributed by atoms with Crippen molar-refractivity contribution in [2.45, 2.75) is 38.7 Å². The minimum absolute atomic E-state index is 0.111. The molecule has 0 amide bonds. The summed E-state index contributed by atoms with van der Waals surface area (Å²) in [5.74, 6) is 1.34. The van der Waals surface area contributed by atoms with Crippen molar-refractivity contribution in [3.8, 4) is 11.4 Å². The molecule has 1 fully saturated rings. The summed E-state index contributed by atoms with van der Waals surface area (Å²) in [5.41, 5.74) is 6.08. The zero-order valence-corrected chi connectivity index (χ0v) is 13.5. The van der Waals surface area contributed by atoms with Crippen LogP contribution in [0.5, 0.6) is 0 Å². The molecule has 8 nitrogen and oxygen atoms in total. The highest BCUT2D eigenvalue weighted by molar-refractivity contribution is 5.68. The van der Waals surface area contributed by atoms with E-state index in [1.807, 2.05) is 0 Å². The Morgan fingerprint density at radius 1 is 1.46 bits per heavy atom. The average Bonchev–Trinajstić information content (AvgIpc) is 3.03. The average molecular weight is 332 g/mol. The second kappa shape index (κ2) is 6.96. The molecule has 1 aliphatic heterocycles. The molecule has 0 spiro atoms. The van der Waals surface area contributed by atoms with E-state index in [0.29, 0.717) is 35.7 Å². The van der Waals surface area contributed by atoms with Crippen molar-refractivity contribution in [2.24, 2.45) is 5.92 Å². The van der Waals surface area contributed by atoms with Gasteiger partial charge in [0.1, 0.15) is 5.69 Å². The third-order valence-electron chi connectivity index (χ3n) is 4.35. The van der Waals surface area contributed by atoms with Crippen LogP contribution < -0.4 is 5.73 Å². The fourth-order valence-electron chi connectivity index (χ4n) is 2.97. The predicted octanol–water partition coefficient (Wildman–Crippen LogP) is 2.97. The number of nitrogens with zero attached hydrogens (tertiary/aromatic N) is 3. The molecule has 24 heavy (non-hydrogen) atoms. The fourth-order valence-corrected chi connectivity index (χ4v) is 2.97. The summed E-state index contributed by atoms with van der Waals surface area (Å²) >= 11 is 0. The monoisotopic (exact) mass is 332 g/mol. The van der Waals surface area contributed by atoms with Crippen LogP contribution in [0.15, 0.2) is 22.7 Å². The molecule has 0 saturated carbocycles. The highest BCUT2D eigenvalue weighted by Gasteiger charge is 2.24. The van der Waals surface area contributed by atoms with Crippen molar-refractivity contribution >= 4 is 11.4 Å². The maximum absolute atomic E-state index is 11.0. The molecule has 1 aromatic heterocycles. The van der Waals surface area contributed by atoms with Gasteiger partial charge in [-0.2, -0.15) is 4.98 Å². The lowest BCUT2D eigenvalue weighted by molar-refractivity contribution is -0.383. The van der Waals surface area contributed by atoms with Crippen LogP contribution in [0.3, 0.4) is 0 Å². The van der Waals surface area contributed by atoms with E-state index in [1.54, 1.807) is 6.07 Å². The van der Waals surface area contributed by atoms with Crippen molar-refractivity contribution in [1.82, 2.24) is 10.1 Å². The zero-order chi connectivity index (χ0) is 17.1. The highest BCUT2D eigenvalue weighted by Crippen LogP contribution is 2.29. The smallest absolute Gasteiger partial charge is 0.292 e. The minimum atomic E-state index is -0.521. The van der Waals surface area contributed by atoms with Gasteiger partial charge in [-0.25, -0.2) is 0 Å². The quantitative estimate of drug-likeness (QED) is 0.508. The van der Waals surface area contributed by atoms with Crippen LogP contribution in [0.2, 0.25) is 0 Å². The lowest BCUT2D eigenvalue weighted by atomic mass is 9.91. The number of nitro groups is 1. The largest absolute Gasteiger partial charge is 0.393 e. The summed E-state index contributed by atoms with van der Waals surface area (Å²) in [5, 5.41) is 14.9. The van der Waals surface area contributed by atoms with Gasteiger partial charge in [-0.05, 0) is 37.3 Å².